The zero-order chi connectivity index (χ0) is 30.7. The third-order valence-electron chi connectivity index (χ3n) is 10.5. The molecule has 1 aromatic carbocycles. The summed E-state index contributed by atoms with van der Waals surface area (Å²) in [5.41, 5.74) is 12.5. The van der Waals surface area contributed by atoms with Crippen molar-refractivity contribution < 1.29 is 4.39 Å². The Kier molecular flexibility index (Phi) is 9.57. The van der Waals surface area contributed by atoms with E-state index in [1.165, 1.54) is 24.0 Å². The molecule has 0 bridgehead atoms. The molecule has 3 aliphatic heterocycles. The molecule has 0 saturated carbocycles. The molecule has 8 heteroatoms. The fourth-order valence-electron chi connectivity index (χ4n) is 7.78. The first-order chi connectivity index (χ1) is 20.7. The Labute approximate surface area is 257 Å². The summed E-state index contributed by atoms with van der Waals surface area (Å²) in [4.78, 5) is 14.6. The molecule has 4 atom stereocenters. The molecule has 3 saturated heterocycles. The van der Waals surface area contributed by atoms with Crippen LogP contribution in [0.5, 0.6) is 0 Å². The number of hydrogen-bond acceptors (Lipinski definition) is 7. The van der Waals surface area contributed by atoms with Gasteiger partial charge in [0, 0.05) is 49.3 Å². The smallest absolute Gasteiger partial charge is 0.135 e. The molecule has 3 unspecified atom stereocenters. The number of halogens is 1. The summed E-state index contributed by atoms with van der Waals surface area (Å²) < 4.78 is 12.8. The zero-order valence-electron chi connectivity index (χ0n) is 26.5. The van der Waals surface area contributed by atoms with Crippen LogP contribution in [0.15, 0.2) is 12.1 Å². The number of aryl methyl sites for hydroxylation is 1. The first-order valence-electron chi connectivity index (χ1n) is 16.4. The van der Waals surface area contributed by atoms with Crippen LogP contribution >= 0.6 is 0 Å². The fourth-order valence-corrected chi connectivity index (χ4v) is 7.78. The SMILES string of the molecule is CC12CCCN1CC(F)C2.CCc1nc2c(c(N3CC(CCC#N)C3)n1)CCC(c1c([C@@H](C)CC)ccc(N)c1C#N)C2. The molecule has 0 radical (unpaired) electrons. The summed E-state index contributed by atoms with van der Waals surface area (Å²) in [5, 5.41) is 18.8. The van der Waals surface area contributed by atoms with Crippen LogP contribution in [-0.2, 0) is 19.3 Å². The number of nitrogen functional groups attached to an aromatic ring is 1. The number of rotatable bonds is 7. The molecule has 1 aliphatic carbocycles. The van der Waals surface area contributed by atoms with E-state index in [1.807, 2.05) is 6.07 Å². The van der Waals surface area contributed by atoms with Crippen molar-refractivity contribution in [3.8, 4) is 12.1 Å². The third-order valence-corrected chi connectivity index (χ3v) is 10.5. The van der Waals surface area contributed by atoms with E-state index in [0.717, 1.165) is 87.5 Å². The van der Waals surface area contributed by atoms with Crippen molar-refractivity contribution in [3.05, 3.63) is 45.9 Å². The van der Waals surface area contributed by atoms with Crippen molar-refractivity contribution in [2.75, 3.05) is 36.8 Å². The number of nitrogens with two attached hydrogens (primary N) is 1. The second kappa shape index (κ2) is 13.2. The van der Waals surface area contributed by atoms with Gasteiger partial charge < -0.3 is 10.6 Å². The van der Waals surface area contributed by atoms with Crippen LogP contribution in [0.3, 0.4) is 0 Å². The van der Waals surface area contributed by atoms with Gasteiger partial charge in [-0.3, -0.25) is 4.90 Å². The average molecular weight is 586 g/mol. The summed E-state index contributed by atoms with van der Waals surface area (Å²) in [5.74, 6) is 3.19. The van der Waals surface area contributed by atoms with Crippen LogP contribution in [0.1, 0.15) is 118 Å². The Hall–Kier alpha value is -3.23. The van der Waals surface area contributed by atoms with Crippen molar-refractivity contribution in [2.45, 2.75) is 115 Å². The van der Waals surface area contributed by atoms with E-state index in [4.69, 9.17) is 21.0 Å². The highest BCUT2D eigenvalue weighted by Gasteiger charge is 2.44. The molecule has 4 aliphatic rings. The summed E-state index contributed by atoms with van der Waals surface area (Å²) >= 11 is 0. The van der Waals surface area contributed by atoms with E-state index in [0.29, 0.717) is 36.1 Å². The molecule has 6 rings (SSSR count). The maximum Gasteiger partial charge on any atom is 0.135 e. The molecule has 0 amide bonds. The minimum absolute atomic E-state index is 0.236. The van der Waals surface area contributed by atoms with Crippen molar-refractivity contribution >= 4 is 11.5 Å². The molecule has 7 nitrogen and oxygen atoms in total. The number of benzene rings is 1. The van der Waals surface area contributed by atoms with Gasteiger partial charge in [-0.2, -0.15) is 10.5 Å². The second-order valence-electron chi connectivity index (χ2n) is 13.5. The number of nitriles is 2. The maximum absolute atomic E-state index is 12.8. The summed E-state index contributed by atoms with van der Waals surface area (Å²) in [6, 6.07) is 8.69. The number of hydrogen-bond donors (Lipinski definition) is 1. The molecule has 4 heterocycles. The average Bonchev–Trinajstić information content (AvgIpc) is 3.48. The lowest BCUT2D eigenvalue weighted by Crippen LogP contribution is -2.48. The lowest BCUT2D eigenvalue weighted by molar-refractivity contribution is 0.217. The van der Waals surface area contributed by atoms with Crippen LogP contribution in [0.4, 0.5) is 15.9 Å². The molecule has 2 N–H and O–H groups in total. The molecular weight excluding hydrogens is 537 g/mol. The van der Waals surface area contributed by atoms with E-state index >= 15 is 0 Å². The highest BCUT2D eigenvalue weighted by atomic mass is 19.1. The monoisotopic (exact) mass is 585 g/mol. The van der Waals surface area contributed by atoms with Gasteiger partial charge >= 0.3 is 0 Å². The normalized spacial score (nSPS) is 25.5. The third kappa shape index (κ3) is 6.36. The molecule has 230 valence electrons. The fraction of sp³-hybridized carbons (Fsp3) is 0.657. The zero-order valence-corrected chi connectivity index (χ0v) is 26.5. The van der Waals surface area contributed by atoms with E-state index in [2.05, 4.69) is 55.7 Å². The van der Waals surface area contributed by atoms with Crippen LogP contribution in [0.25, 0.3) is 0 Å². The van der Waals surface area contributed by atoms with Gasteiger partial charge in [0.25, 0.3) is 0 Å². The van der Waals surface area contributed by atoms with Gasteiger partial charge in [-0.05, 0) is 99.8 Å². The van der Waals surface area contributed by atoms with Gasteiger partial charge in [-0.25, -0.2) is 14.4 Å². The number of alkyl halides is 1. The van der Waals surface area contributed by atoms with E-state index in [-0.39, 0.29) is 11.5 Å². The van der Waals surface area contributed by atoms with Gasteiger partial charge in [-0.1, -0.05) is 26.8 Å². The van der Waals surface area contributed by atoms with Gasteiger partial charge in [-0.15, -0.1) is 0 Å². The van der Waals surface area contributed by atoms with E-state index in [1.54, 1.807) is 0 Å². The van der Waals surface area contributed by atoms with Crippen LogP contribution < -0.4 is 10.6 Å². The highest BCUT2D eigenvalue weighted by molar-refractivity contribution is 5.63. The highest BCUT2D eigenvalue weighted by Crippen LogP contribution is 2.43. The molecule has 3 fully saturated rings. The van der Waals surface area contributed by atoms with Crippen LogP contribution in [-0.4, -0.2) is 52.8 Å². The lowest BCUT2D eigenvalue weighted by atomic mass is 9.76. The summed E-state index contributed by atoms with van der Waals surface area (Å²) in [6.45, 7) is 12.5. The van der Waals surface area contributed by atoms with Crippen molar-refractivity contribution in [1.29, 1.82) is 10.5 Å². The second-order valence-corrected chi connectivity index (χ2v) is 13.5. The summed E-state index contributed by atoms with van der Waals surface area (Å²) in [7, 11) is 0. The Bertz CT molecular complexity index is 1390. The molecule has 2 aromatic rings. The Morgan fingerprint density at radius 3 is 2.65 bits per heavy atom. The van der Waals surface area contributed by atoms with Crippen molar-refractivity contribution in [1.82, 2.24) is 14.9 Å². The molecule has 1 aromatic heterocycles. The molecular formula is C35H48FN7. The Morgan fingerprint density at radius 2 is 1.98 bits per heavy atom. The number of aromatic nitrogens is 2. The standard InChI is InChI=1S/C27H34N6.C8H14FN/c1-4-17(3)20-10-11-23(30)22(14-29)26(20)19-8-9-21-24(13-19)31-25(5-2)32-27(21)33-15-18(16-33)7-6-12-28;1-8-3-2-4-10(8)6-7(9)5-8/h10-11,17-19H,4-9,13,15-16,30H2,1-3H3;7H,2-6H2,1H3/t17-,19?;/m0./s1. The maximum atomic E-state index is 12.8. The van der Waals surface area contributed by atoms with Crippen LogP contribution in [0, 0.1) is 28.6 Å². The summed E-state index contributed by atoms with van der Waals surface area (Å²) in [6.07, 6.45) is 8.83. The van der Waals surface area contributed by atoms with Gasteiger partial charge in [0.05, 0.1) is 17.3 Å². The lowest BCUT2D eigenvalue weighted by Gasteiger charge is -2.42. The minimum Gasteiger partial charge on any atom is -0.398 e. The number of fused-ring (bicyclic) bond motifs is 2. The van der Waals surface area contributed by atoms with Crippen molar-refractivity contribution in [3.63, 3.8) is 0 Å². The first-order valence-corrected chi connectivity index (χ1v) is 16.4. The predicted molar refractivity (Wildman–Crippen MR) is 170 cm³/mol. The van der Waals surface area contributed by atoms with Crippen LogP contribution in [0.2, 0.25) is 0 Å². The van der Waals surface area contributed by atoms with Gasteiger partial charge in [0.2, 0.25) is 0 Å². The van der Waals surface area contributed by atoms with E-state index in [9.17, 15) is 9.65 Å². The molecule has 43 heavy (non-hydrogen) atoms. The Morgan fingerprint density at radius 1 is 1.19 bits per heavy atom. The number of anilines is 2. The van der Waals surface area contributed by atoms with Gasteiger partial charge in [0.15, 0.2) is 0 Å². The predicted octanol–water partition coefficient (Wildman–Crippen LogP) is 6.60. The Balaban J connectivity index is 0.000000308. The largest absolute Gasteiger partial charge is 0.398 e. The van der Waals surface area contributed by atoms with Crippen molar-refractivity contribution in [2.24, 2.45) is 5.92 Å². The quantitative estimate of drug-likeness (QED) is 0.365. The molecule has 0 spiro atoms. The van der Waals surface area contributed by atoms with Gasteiger partial charge in [0.1, 0.15) is 23.9 Å². The number of nitrogens with zero attached hydrogens (tertiary/aromatic N) is 6. The van der Waals surface area contributed by atoms with E-state index < -0.39 is 6.17 Å². The first kappa shape index (κ1) is 31.2. The minimum atomic E-state index is -0.551. The topological polar surface area (TPSA) is 106 Å².